The maximum atomic E-state index is 13.2. The minimum Gasteiger partial charge on any atom is -0.351 e. The molecular formula is C13H17FN2O. The van der Waals surface area contributed by atoms with E-state index in [2.05, 4.69) is 11.9 Å². The molecule has 0 heterocycles. The van der Waals surface area contributed by atoms with Crippen LogP contribution in [-0.2, 0) is 11.3 Å². The second kappa shape index (κ2) is 6.15. The maximum absolute atomic E-state index is 13.2. The highest BCUT2D eigenvalue weighted by Crippen LogP contribution is 2.08. The molecule has 0 aliphatic rings. The van der Waals surface area contributed by atoms with Gasteiger partial charge < -0.3 is 11.1 Å². The van der Waals surface area contributed by atoms with Crippen LogP contribution in [0.1, 0.15) is 17.5 Å². The Labute approximate surface area is 101 Å². The Morgan fingerprint density at radius 2 is 2.35 bits per heavy atom. The average molecular weight is 236 g/mol. The molecule has 1 aromatic rings. The minimum absolute atomic E-state index is 0.258. The summed E-state index contributed by atoms with van der Waals surface area (Å²) in [5.41, 5.74) is 6.89. The number of amides is 1. The number of nitrogens with one attached hydrogen (secondary N) is 1. The Bertz CT molecular complexity index is 418. The molecule has 0 saturated carbocycles. The third kappa shape index (κ3) is 4.00. The van der Waals surface area contributed by atoms with Crippen LogP contribution in [-0.4, -0.2) is 11.9 Å². The Hall–Kier alpha value is -1.68. The van der Waals surface area contributed by atoms with E-state index in [4.69, 9.17) is 5.73 Å². The lowest BCUT2D eigenvalue weighted by Crippen LogP contribution is -2.39. The molecule has 0 saturated heterocycles. The van der Waals surface area contributed by atoms with Crippen LogP contribution in [0.15, 0.2) is 30.9 Å². The molecule has 0 radical (unpaired) electrons. The second-order valence-electron chi connectivity index (χ2n) is 3.93. The van der Waals surface area contributed by atoms with Gasteiger partial charge in [0.05, 0.1) is 6.04 Å². The summed E-state index contributed by atoms with van der Waals surface area (Å²) in [5, 5.41) is 2.65. The Balaban J connectivity index is 2.52. The number of rotatable bonds is 5. The highest BCUT2D eigenvalue weighted by molar-refractivity contribution is 5.81. The van der Waals surface area contributed by atoms with E-state index in [0.29, 0.717) is 17.5 Å². The normalized spacial score (nSPS) is 11.9. The molecule has 0 spiro atoms. The first-order chi connectivity index (χ1) is 8.04. The number of carbonyl (C=O) groups is 1. The number of hydrogen-bond donors (Lipinski definition) is 2. The lowest BCUT2D eigenvalue weighted by molar-refractivity contribution is -0.122. The molecule has 1 unspecified atom stereocenters. The van der Waals surface area contributed by atoms with E-state index in [-0.39, 0.29) is 18.3 Å². The quantitative estimate of drug-likeness (QED) is 0.764. The van der Waals surface area contributed by atoms with Gasteiger partial charge >= 0.3 is 0 Å². The molecule has 4 heteroatoms. The van der Waals surface area contributed by atoms with Gasteiger partial charge in [-0.2, -0.15) is 0 Å². The predicted octanol–water partition coefficient (Wildman–Crippen LogP) is 1.65. The molecule has 92 valence electrons. The average Bonchev–Trinajstić information content (AvgIpc) is 2.30. The number of benzene rings is 1. The summed E-state index contributed by atoms with van der Waals surface area (Å²) < 4.78 is 13.2. The molecule has 3 nitrogen and oxygen atoms in total. The Morgan fingerprint density at radius 3 is 2.94 bits per heavy atom. The SMILES string of the molecule is C=CCC(N)C(=O)NCc1ccc(C)c(F)c1. The predicted molar refractivity (Wildman–Crippen MR) is 65.8 cm³/mol. The van der Waals surface area contributed by atoms with E-state index in [0.717, 1.165) is 0 Å². The van der Waals surface area contributed by atoms with Crippen molar-refractivity contribution < 1.29 is 9.18 Å². The van der Waals surface area contributed by atoms with Crippen molar-refractivity contribution >= 4 is 5.91 Å². The monoisotopic (exact) mass is 236 g/mol. The van der Waals surface area contributed by atoms with Crippen LogP contribution in [0.4, 0.5) is 4.39 Å². The molecular weight excluding hydrogens is 219 g/mol. The van der Waals surface area contributed by atoms with E-state index >= 15 is 0 Å². The summed E-state index contributed by atoms with van der Waals surface area (Å²) in [6.07, 6.45) is 2.02. The first-order valence-electron chi connectivity index (χ1n) is 5.44. The first kappa shape index (κ1) is 13.4. The molecule has 0 aromatic heterocycles. The van der Waals surface area contributed by atoms with E-state index in [9.17, 15) is 9.18 Å². The van der Waals surface area contributed by atoms with Gasteiger partial charge in [0.15, 0.2) is 0 Å². The van der Waals surface area contributed by atoms with Gasteiger partial charge in [0.25, 0.3) is 0 Å². The fraction of sp³-hybridized carbons (Fsp3) is 0.308. The third-order valence-corrected chi connectivity index (χ3v) is 2.46. The fourth-order valence-corrected chi connectivity index (χ4v) is 1.35. The van der Waals surface area contributed by atoms with Crippen LogP contribution in [0.2, 0.25) is 0 Å². The zero-order valence-electron chi connectivity index (χ0n) is 9.87. The summed E-state index contributed by atoms with van der Waals surface area (Å²) in [6, 6.07) is 4.27. The topological polar surface area (TPSA) is 55.1 Å². The van der Waals surface area contributed by atoms with Crippen molar-refractivity contribution in [1.29, 1.82) is 0 Å². The van der Waals surface area contributed by atoms with E-state index in [1.54, 1.807) is 25.1 Å². The van der Waals surface area contributed by atoms with Crippen molar-refractivity contribution in [1.82, 2.24) is 5.32 Å². The molecule has 17 heavy (non-hydrogen) atoms. The van der Waals surface area contributed by atoms with Crippen molar-refractivity contribution in [2.75, 3.05) is 0 Å². The van der Waals surface area contributed by atoms with Gasteiger partial charge in [-0.15, -0.1) is 6.58 Å². The standard InChI is InChI=1S/C13H17FN2O/c1-3-4-12(15)13(17)16-8-10-6-5-9(2)11(14)7-10/h3,5-7,12H,1,4,8,15H2,2H3,(H,16,17). The lowest BCUT2D eigenvalue weighted by atomic mass is 10.1. The number of halogens is 1. The smallest absolute Gasteiger partial charge is 0.237 e. The van der Waals surface area contributed by atoms with Gasteiger partial charge in [-0.25, -0.2) is 4.39 Å². The first-order valence-corrected chi connectivity index (χ1v) is 5.44. The van der Waals surface area contributed by atoms with Crippen molar-refractivity contribution in [3.63, 3.8) is 0 Å². The van der Waals surface area contributed by atoms with Crippen molar-refractivity contribution in [3.8, 4) is 0 Å². The van der Waals surface area contributed by atoms with E-state index in [1.807, 2.05) is 0 Å². The van der Waals surface area contributed by atoms with Crippen molar-refractivity contribution in [3.05, 3.63) is 47.8 Å². The minimum atomic E-state index is -0.595. The van der Waals surface area contributed by atoms with E-state index in [1.165, 1.54) is 6.07 Å². The molecule has 1 amide bonds. The number of nitrogens with two attached hydrogens (primary N) is 1. The Morgan fingerprint density at radius 1 is 1.65 bits per heavy atom. The zero-order chi connectivity index (χ0) is 12.8. The zero-order valence-corrected chi connectivity index (χ0v) is 9.87. The molecule has 0 fully saturated rings. The molecule has 1 aromatic carbocycles. The number of carbonyl (C=O) groups excluding carboxylic acids is 1. The summed E-state index contributed by atoms with van der Waals surface area (Å²) in [6.45, 7) is 5.48. The van der Waals surface area contributed by atoms with Crippen LogP contribution in [0.25, 0.3) is 0 Å². The Kier molecular flexibility index (Phi) is 4.84. The van der Waals surface area contributed by atoms with Gasteiger partial charge in [-0.05, 0) is 30.5 Å². The second-order valence-corrected chi connectivity index (χ2v) is 3.93. The van der Waals surface area contributed by atoms with Crippen LogP contribution in [0.5, 0.6) is 0 Å². The molecule has 1 atom stereocenters. The fourth-order valence-electron chi connectivity index (χ4n) is 1.35. The van der Waals surface area contributed by atoms with Gasteiger partial charge in [-0.1, -0.05) is 18.2 Å². The number of hydrogen-bond acceptors (Lipinski definition) is 2. The highest BCUT2D eigenvalue weighted by atomic mass is 19.1. The van der Waals surface area contributed by atoms with Crippen LogP contribution in [0.3, 0.4) is 0 Å². The lowest BCUT2D eigenvalue weighted by Gasteiger charge is -2.10. The maximum Gasteiger partial charge on any atom is 0.237 e. The number of aryl methyl sites for hydroxylation is 1. The largest absolute Gasteiger partial charge is 0.351 e. The van der Waals surface area contributed by atoms with Gasteiger partial charge in [0.1, 0.15) is 5.82 Å². The van der Waals surface area contributed by atoms with Crippen molar-refractivity contribution in [2.24, 2.45) is 5.73 Å². The highest BCUT2D eigenvalue weighted by Gasteiger charge is 2.10. The molecule has 0 aliphatic heterocycles. The molecule has 1 rings (SSSR count). The third-order valence-electron chi connectivity index (χ3n) is 2.46. The van der Waals surface area contributed by atoms with Gasteiger partial charge in [-0.3, -0.25) is 4.79 Å². The van der Waals surface area contributed by atoms with Crippen LogP contribution < -0.4 is 11.1 Å². The van der Waals surface area contributed by atoms with Crippen LogP contribution >= 0.6 is 0 Å². The summed E-state index contributed by atoms with van der Waals surface area (Å²) in [4.78, 5) is 11.5. The summed E-state index contributed by atoms with van der Waals surface area (Å²) in [5.74, 6) is -0.530. The van der Waals surface area contributed by atoms with Gasteiger partial charge in [0, 0.05) is 6.54 Å². The molecule has 3 N–H and O–H groups in total. The van der Waals surface area contributed by atoms with Crippen LogP contribution in [0, 0.1) is 12.7 Å². The summed E-state index contributed by atoms with van der Waals surface area (Å²) in [7, 11) is 0. The molecule has 0 aliphatic carbocycles. The molecule has 0 bridgehead atoms. The van der Waals surface area contributed by atoms with Gasteiger partial charge in [0.2, 0.25) is 5.91 Å². The van der Waals surface area contributed by atoms with E-state index < -0.39 is 6.04 Å². The summed E-state index contributed by atoms with van der Waals surface area (Å²) >= 11 is 0. The van der Waals surface area contributed by atoms with Crippen molar-refractivity contribution in [2.45, 2.75) is 25.9 Å².